The fourth-order valence-electron chi connectivity index (χ4n) is 0.836. The van der Waals surface area contributed by atoms with E-state index in [-0.39, 0.29) is 0 Å². The van der Waals surface area contributed by atoms with Crippen LogP contribution < -0.4 is 0 Å². The Hall–Kier alpha value is 0.270. The van der Waals surface area contributed by atoms with Gasteiger partial charge in [0, 0.05) is 12.4 Å². The van der Waals surface area contributed by atoms with Crippen molar-refractivity contribution in [3.8, 4) is 0 Å². The first-order valence-electron chi connectivity index (χ1n) is 4.21. The molecular formula is C8H18O2S. The van der Waals surface area contributed by atoms with Gasteiger partial charge in [0.1, 0.15) is 0 Å². The van der Waals surface area contributed by atoms with Gasteiger partial charge in [-0.25, -0.2) is 0 Å². The van der Waals surface area contributed by atoms with Crippen LogP contribution in [0.3, 0.4) is 0 Å². The van der Waals surface area contributed by atoms with E-state index in [4.69, 9.17) is 10.2 Å². The number of unbranched alkanes of at least 4 members (excludes halogenated alkanes) is 3. The van der Waals surface area contributed by atoms with E-state index < -0.39 is 0 Å². The van der Waals surface area contributed by atoms with Crippen molar-refractivity contribution in [3.63, 3.8) is 0 Å². The predicted octanol–water partition coefficient (Wildman–Crippen LogP) is 1.26. The van der Waals surface area contributed by atoms with E-state index in [1.807, 2.05) is 0 Å². The molecule has 0 heterocycles. The molecule has 0 atom stereocenters. The highest BCUT2D eigenvalue weighted by Gasteiger charge is 1.89. The maximum Gasteiger partial charge on any atom is 0.0521 e. The first kappa shape index (κ1) is 11.3. The van der Waals surface area contributed by atoms with Crippen LogP contribution in [0.15, 0.2) is 0 Å². The Balaban J connectivity index is 2.69. The molecule has 3 heteroatoms. The number of hydrogen-bond donors (Lipinski definition) is 2. The minimum absolute atomic E-state index is 0.293. The zero-order chi connectivity index (χ0) is 8.36. The summed E-state index contributed by atoms with van der Waals surface area (Å²) in [6.45, 7) is 0.616. The normalized spacial score (nSPS) is 10.4. The van der Waals surface area contributed by atoms with Crippen LogP contribution in [-0.2, 0) is 0 Å². The maximum atomic E-state index is 8.47. The topological polar surface area (TPSA) is 40.5 Å². The molecule has 0 fully saturated rings. The molecule has 0 aliphatic rings. The standard InChI is InChI=1S/C8H18O2S/c9-5-3-1-2-4-7-11-8-6-10/h9-10H,1-8H2. The van der Waals surface area contributed by atoms with Crippen molar-refractivity contribution in [1.82, 2.24) is 0 Å². The summed E-state index contributed by atoms with van der Waals surface area (Å²) in [5.41, 5.74) is 0. The lowest BCUT2D eigenvalue weighted by Gasteiger charge is -1.98. The van der Waals surface area contributed by atoms with Crippen LogP contribution in [0.25, 0.3) is 0 Å². The molecular weight excluding hydrogens is 160 g/mol. The highest BCUT2D eigenvalue weighted by Crippen LogP contribution is 2.06. The molecule has 0 aromatic rings. The fourth-order valence-corrected chi connectivity index (χ4v) is 1.58. The first-order chi connectivity index (χ1) is 5.41. The zero-order valence-corrected chi connectivity index (χ0v) is 7.78. The summed E-state index contributed by atoms with van der Waals surface area (Å²) in [5.74, 6) is 2.01. The molecule has 0 unspecified atom stereocenters. The third-order valence-corrected chi connectivity index (χ3v) is 2.48. The average molecular weight is 178 g/mol. The smallest absolute Gasteiger partial charge is 0.0521 e. The monoisotopic (exact) mass is 178 g/mol. The van der Waals surface area contributed by atoms with E-state index in [0.717, 1.165) is 24.3 Å². The molecule has 0 aliphatic heterocycles. The van der Waals surface area contributed by atoms with E-state index in [1.165, 1.54) is 12.8 Å². The van der Waals surface area contributed by atoms with Gasteiger partial charge in [0.15, 0.2) is 0 Å². The molecule has 0 spiro atoms. The van der Waals surface area contributed by atoms with Gasteiger partial charge in [0.05, 0.1) is 6.61 Å². The highest BCUT2D eigenvalue weighted by atomic mass is 32.2. The average Bonchev–Trinajstić information content (AvgIpc) is 2.03. The van der Waals surface area contributed by atoms with Crippen molar-refractivity contribution >= 4 is 11.8 Å². The Morgan fingerprint density at radius 2 is 1.45 bits per heavy atom. The fraction of sp³-hybridized carbons (Fsp3) is 1.00. The largest absolute Gasteiger partial charge is 0.396 e. The van der Waals surface area contributed by atoms with E-state index in [1.54, 1.807) is 11.8 Å². The number of hydrogen-bond acceptors (Lipinski definition) is 3. The SMILES string of the molecule is OCCCCCCSCCO. The quantitative estimate of drug-likeness (QED) is 0.550. The van der Waals surface area contributed by atoms with Crippen LogP contribution in [0, 0.1) is 0 Å². The van der Waals surface area contributed by atoms with Gasteiger partial charge in [0.2, 0.25) is 0 Å². The van der Waals surface area contributed by atoms with Crippen LogP contribution in [0.5, 0.6) is 0 Å². The van der Waals surface area contributed by atoms with E-state index in [2.05, 4.69) is 0 Å². The molecule has 0 aromatic heterocycles. The van der Waals surface area contributed by atoms with Gasteiger partial charge >= 0.3 is 0 Å². The molecule has 11 heavy (non-hydrogen) atoms. The van der Waals surface area contributed by atoms with Crippen molar-refractivity contribution in [3.05, 3.63) is 0 Å². The van der Waals surface area contributed by atoms with Crippen LogP contribution in [0.1, 0.15) is 25.7 Å². The molecule has 2 nitrogen and oxygen atoms in total. The van der Waals surface area contributed by atoms with Gasteiger partial charge in [-0.05, 0) is 18.6 Å². The Labute approximate surface area is 73.0 Å². The molecule has 0 aromatic carbocycles. The van der Waals surface area contributed by atoms with Gasteiger partial charge in [-0.3, -0.25) is 0 Å². The molecule has 2 N–H and O–H groups in total. The molecule has 0 amide bonds. The Morgan fingerprint density at radius 3 is 2.09 bits per heavy atom. The predicted molar refractivity (Wildman–Crippen MR) is 50.0 cm³/mol. The molecule has 0 saturated carbocycles. The second kappa shape index (κ2) is 10.3. The molecule has 0 bridgehead atoms. The summed E-state index contributed by atoms with van der Waals surface area (Å²) < 4.78 is 0. The van der Waals surface area contributed by atoms with Crippen LogP contribution >= 0.6 is 11.8 Å². The zero-order valence-electron chi connectivity index (χ0n) is 6.96. The number of rotatable bonds is 8. The third kappa shape index (κ3) is 10.3. The van der Waals surface area contributed by atoms with Crippen LogP contribution in [-0.4, -0.2) is 34.9 Å². The first-order valence-corrected chi connectivity index (χ1v) is 5.36. The number of aliphatic hydroxyl groups excluding tert-OH is 2. The van der Waals surface area contributed by atoms with E-state index >= 15 is 0 Å². The van der Waals surface area contributed by atoms with Crippen LogP contribution in [0.2, 0.25) is 0 Å². The van der Waals surface area contributed by atoms with Gasteiger partial charge in [-0.2, -0.15) is 11.8 Å². The number of aliphatic hydroxyl groups is 2. The number of thioether (sulfide) groups is 1. The van der Waals surface area contributed by atoms with Crippen molar-refractivity contribution < 1.29 is 10.2 Å². The van der Waals surface area contributed by atoms with Crippen molar-refractivity contribution in [2.24, 2.45) is 0 Å². The van der Waals surface area contributed by atoms with Crippen molar-refractivity contribution in [2.75, 3.05) is 24.7 Å². The molecule has 0 saturated heterocycles. The second-order valence-electron chi connectivity index (χ2n) is 2.47. The van der Waals surface area contributed by atoms with E-state index in [0.29, 0.717) is 13.2 Å². The summed E-state index contributed by atoms with van der Waals surface area (Å²) in [7, 11) is 0. The van der Waals surface area contributed by atoms with Crippen molar-refractivity contribution in [1.29, 1.82) is 0 Å². The van der Waals surface area contributed by atoms with Gasteiger partial charge in [0.25, 0.3) is 0 Å². The molecule has 0 aliphatic carbocycles. The van der Waals surface area contributed by atoms with Gasteiger partial charge in [-0.15, -0.1) is 0 Å². The minimum atomic E-state index is 0.293. The van der Waals surface area contributed by atoms with Gasteiger partial charge < -0.3 is 10.2 Å². The summed E-state index contributed by atoms with van der Waals surface area (Å²) >= 11 is 1.80. The molecule has 68 valence electrons. The summed E-state index contributed by atoms with van der Waals surface area (Å²) in [5, 5.41) is 16.9. The maximum absolute atomic E-state index is 8.47. The lowest BCUT2D eigenvalue weighted by molar-refractivity contribution is 0.283. The lowest BCUT2D eigenvalue weighted by atomic mass is 10.2. The summed E-state index contributed by atoms with van der Waals surface area (Å²) in [6, 6.07) is 0. The third-order valence-electron chi connectivity index (χ3n) is 1.43. The lowest BCUT2D eigenvalue weighted by Crippen LogP contribution is -1.89. The Morgan fingerprint density at radius 1 is 0.727 bits per heavy atom. The summed E-state index contributed by atoms with van der Waals surface area (Å²) in [4.78, 5) is 0. The summed E-state index contributed by atoms with van der Waals surface area (Å²) in [6.07, 6.45) is 4.49. The Bertz CT molecular complexity index is 61.1. The van der Waals surface area contributed by atoms with Crippen LogP contribution in [0.4, 0.5) is 0 Å². The second-order valence-corrected chi connectivity index (χ2v) is 3.70. The molecule has 0 radical (unpaired) electrons. The molecule has 0 rings (SSSR count). The van der Waals surface area contributed by atoms with Gasteiger partial charge in [-0.1, -0.05) is 12.8 Å². The highest BCUT2D eigenvalue weighted by molar-refractivity contribution is 7.99. The minimum Gasteiger partial charge on any atom is -0.396 e. The van der Waals surface area contributed by atoms with E-state index in [9.17, 15) is 0 Å². The Kier molecular flexibility index (Phi) is 10.5. The van der Waals surface area contributed by atoms with Crippen molar-refractivity contribution in [2.45, 2.75) is 25.7 Å².